The van der Waals surface area contributed by atoms with E-state index in [4.69, 9.17) is 5.11 Å². The number of nitrogens with zero attached hydrogens (tertiary/aromatic N) is 2. The average Bonchev–Trinajstić information content (AvgIpc) is 2.72. The molecule has 0 saturated carbocycles. The summed E-state index contributed by atoms with van der Waals surface area (Å²) in [4.78, 5) is 42.3. The number of amides is 2. The van der Waals surface area contributed by atoms with Gasteiger partial charge in [0.05, 0.1) is 11.3 Å². The molecule has 146 valence electrons. The number of hydrogen-bond acceptors (Lipinski definition) is 4. The number of pyridine rings is 1. The van der Waals surface area contributed by atoms with Gasteiger partial charge in [0.25, 0.3) is 11.8 Å². The van der Waals surface area contributed by atoms with Gasteiger partial charge in [-0.3, -0.25) is 9.59 Å². The van der Waals surface area contributed by atoms with E-state index in [0.717, 1.165) is 19.3 Å². The van der Waals surface area contributed by atoms with Gasteiger partial charge in [-0.15, -0.1) is 0 Å². The summed E-state index contributed by atoms with van der Waals surface area (Å²) < 4.78 is 0. The monoisotopic (exact) mass is 381 g/mol. The highest BCUT2D eigenvalue weighted by molar-refractivity contribution is 5.95. The first-order chi connectivity index (χ1) is 13.5. The Hall–Kier alpha value is -3.22. The smallest absolute Gasteiger partial charge is 0.337 e. The summed E-state index contributed by atoms with van der Waals surface area (Å²) >= 11 is 0. The molecule has 2 N–H and O–H groups in total. The topological polar surface area (TPSA) is 99.6 Å². The first-order valence-electron chi connectivity index (χ1n) is 9.32. The number of likely N-dealkylation sites (tertiary alicyclic amines) is 1. The van der Waals surface area contributed by atoms with Gasteiger partial charge < -0.3 is 15.3 Å². The summed E-state index contributed by atoms with van der Waals surface area (Å²) in [5.41, 5.74) is 1.20. The Morgan fingerprint density at radius 1 is 1.14 bits per heavy atom. The van der Waals surface area contributed by atoms with Gasteiger partial charge in [0.1, 0.15) is 5.69 Å². The molecule has 0 aliphatic carbocycles. The van der Waals surface area contributed by atoms with Crippen molar-refractivity contribution in [1.29, 1.82) is 0 Å². The molecule has 2 aromatic rings. The molecule has 2 amide bonds. The zero-order valence-electron chi connectivity index (χ0n) is 15.7. The van der Waals surface area contributed by atoms with E-state index in [1.807, 2.05) is 6.07 Å². The van der Waals surface area contributed by atoms with E-state index >= 15 is 0 Å². The second-order valence-corrected chi connectivity index (χ2v) is 6.86. The van der Waals surface area contributed by atoms with Crippen molar-refractivity contribution in [3.05, 3.63) is 65.0 Å². The van der Waals surface area contributed by atoms with Gasteiger partial charge in [-0.05, 0) is 50.5 Å². The number of carbonyl (C=O) groups is 3. The quantitative estimate of drug-likeness (QED) is 0.829. The minimum atomic E-state index is -1.07. The fourth-order valence-electron chi connectivity index (χ4n) is 3.44. The molecule has 1 aromatic heterocycles. The molecule has 1 aliphatic heterocycles. The number of nitrogens with one attached hydrogen (secondary N) is 1. The van der Waals surface area contributed by atoms with Crippen molar-refractivity contribution < 1.29 is 19.5 Å². The van der Waals surface area contributed by atoms with Crippen LogP contribution < -0.4 is 5.32 Å². The molecule has 1 atom stereocenters. The van der Waals surface area contributed by atoms with Gasteiger partial charge in [0.15, 0.2) is 0 Å². The van der Waals surface area contributed by atoms with Crippen molar-refractivity contribution >= 4 is 17.8 Å². The maximum absolute atomic E-state index is 13.0. The van der Waals surface area contributed by atoms with E-state index in [1.165, 1.54) is 12.1 Å². The Bertz CT molecular complexity index is 882. The number of aromatic nitrogens is 1. The molecule has 2 heterocycles. The SMILES string of the molecule is Cc1nc(C(=O)N2CCCCC2CNC(=O)c2ccccc2)ccc1C(=O)O. The molecule has 1 saturated heterocycles. The Morgan fingerprint density at radius 2 is 1.89 bits per heavy atom. The lowest BCUT2D eigenvalue weighted by Crippen LogP contribution is -2.49. The minimum Gasteiger partial charge on any atom is -0.478 e. The molecule has 3 rings (SSSR count). The van der Waals surface area contributed by atoms with Gasteiger partial charge in [0.2, 0.25) is 0 Å². The summed E-state index contributed by atoms with van der Waals surface area (Å²) in [6, 6.07) is 11.7. The van der Waals surface area contributed by atoms with Gasteiger partial charge >= 0.3 is 5.97 Å². The maximum Gasteiger partial charge on any atom is 0.337 e. The summed E-state index contributed by atoms with van der Waals surface area (Å²) in [5, 5.41) is 12.0. The van der Waals surface area contributed by atoms with Crippen LogP contribution in [0.5, 0.6) is 0 Å². The molecule has 1 unspecified atom stereocenters. The van der Waals surface area contributed by atoms with Crippen molar-refractivity contribution in [2.24, 2.45) is 0 Å². The van der Waals surface area contributed by atoms with Crippen LogP contribution in [0, 0.1) is 6.92 Å². The number of carbonyl (C=O) groups excluding carboxylic acids is 2. The fourth-order valence-corrected chi connectivity index (χ4v) is 3.44. The number of carboxylic acid groups (broad SMARTS) is 1. The molecule has 1 aliphatic rings. The number of rotatable bonds is 5. The van der Waals surface area contributed by atoms with Crippen LogP contribution in [0.25, 0.3) is 0 Å². The Morgan fingerprint density at radius 3 is 2.57 bits per heavy atom. The van der Waals surface area contributed by atoms with Crippen LogP contribution in [-0.2, 0) is 0 Å². The van der Waals surface area contributed by atoms with E-state index in [-0.39, 0.29) is 29.1 Å². The second kappa shape index (κ2) is 8.65. The molecule has 0 radical (unpaired) electrons. The van der Waals surface area contributed by atoms with Crippen LogP contribution in [0.1, 0.15) is 56.2 Å². The maximum atomic E-state index is 13.0. The molecular weight excluding hydrogens is 358 g/mol. The Balaban J connectivity index is 1.70. The molecule has 0 spiro atoms. The summed E-state index contributed by atoms with van der Waals surface area (Å²) in [5.74, 6) is -1.47. The third-order valence-corrected chi connectivity index (χ3v) is 4.96. The Labute approximate surface area is 163 Å². The van der Waals surface area contributed by atoms with Crippen LogP contribution in [0.2, 0.25) is 0 Å². The third-order valence-electron chi connectivity index (χ3n) is 4.96. The van der Waals surface area contributed by atoms with E-state index in [0.29, 0.717) is 24.3 Å². The number of benzene rings is 1. The van der Waals surface area contributed by atoms with Crippen molar-refractivity contribution in [1.82, 2.24) is 15.2 Å². The average molecular weight is 381 g/mol. The molecule has 7 heteroatoms. The van der Waals surface area contributed by atoms with Gasteiger partial charge in [0, 0.05) is 24.7 Å². The third kappa shape index (κ3) is 4.36. The van der Waals surface area contributed by atoms with Crippen LogP contribution in [0.4, 0.5) is 0 Å². The number of aromatic carboxylic acids is 1. The summed E-state index contributed by atoms with van der Waals surface area (Å²) in [6.45, 7) is 2.53. The highest BCUT2D eigenvalue weighted by atomic mass is 16.4. The number of hydrogen-bond donors (Lipinski definition) is 2. The van der Waals surface area contributed by atoms with E-state index in [2.05, 4.69) is 10.3 Å². The summed E-state index contributed by atoms with van der Waals surface area (Å²) in [6.07, 6.45) is 2.67. The first kappa shape index (κ1) is 19.5. The lowest BCUT2D eigenvalue weighted by molar-refractivity contribution is 0.0594. The molecule has 7 nitrogen and oxygen atoms in total. The minimum absolute atomic E-state index is 0.0851. The highest BCUT2D eigenvalue weighted by Gasteiger charge is 2.29. The van der Waals surface area contributed by atoms with Crippen LogP contribution in [0.3, 0.4) is 0 Å². The normalized spacial score (nSPS) is 16.5. The molecule has 0 bridgehead atoms. The lowest BCUT2D eigenvalue weighted by atomic mass is 10.0. The van der Waals surface area contributed by atoms with E-state index in [9.17, 15) is 14.4 Å². The van der Waals surface area contributed by atoms with E-state index < -0.39 is 5.97 Å². The summed E-state index contributed by atoms with van der Waals surface area (Å²) in [7, 11) is 0. The first-order valence-corrected chi connectivity index (χ1v) is 9.32. The van der Waals surface area contributed by atoms with Gasteiger partial charge in [-0.1, -0.05) is 18.2 Å². The molecule has 1 fully saturated rings. The lowest BCUT2D eigenvalue weighted by Gasteiger charge is -2.35. The van der Waals surface area contributed by atoms with E-state index in [1.54, 1.807) is 36.1 Å². The van der Waals surface area contributed by atoms with Crippen molar-refractivity contribution in [2.45, 2.75) is 32.2 Å². The van der Waals surface area contributed by atoms with Gasteiger partial charge in [-0.2, -0.15) is 0 Å². The van der Waals surface area contributed by atoms with Crippen molar-refractivity contribution in [3.63, 3.8) is 0 Å². The molecule has 1 aromatic carbocycles. The van der Waals surface area contributed by atoms with Crippen LogP contribution in [-0.4, -0.2) is 51.9 Å². The fraction of sp³-hybridized carbons (Fsp3) is 0.333. The van der Waals surface area contributed by atoms with Crippen LogP contribution >= 0.6 is 0 Å². The molecule has 28 heavy (non-hydrogen) atoms. The second-order valence-electron chi connectivity index (χ2n) is 6.86. The van der Waals surface area contributed by atoms with Gasteiger partial charge in [-0.25, -0.2) is 9.78 Å². The van der Waals surface area contributed by atoms with Crippen LogP contribution in [0.15, 0.2) is 42.5 Å². The predicted octanol–water partition coefficient (Wildman–Crippen LogP) is 2.51. The zero-order valence-corrected chi connectivity index (χ0v) is 15.7. The predicted molar refractivity (Wildman–Crippen MR) is 103 cm³/mol. The zero-order chi connectivity index (χ0) is 20.1. The molecular formula is C21H23N3O4. The number of carboxylic acids is 1. The number of piperidine rings is 1. The highest BCUT2D eigenvalue weighted by Crippen LogP contribution is 2.20. The standard InChI is InChI=1S/C21H23N3O4/c1-14-17(21(27)28)10-11-18(23-14)20(26)24-12-6-5-9-16(24)13-22-19(25)15-7-3-2-4-8-15/h2-4,7-8,10-11,16H,5-6,9,12-13H2,1H3,(H,22,25)(H,27,28). The number of aryl methyl sites for hydroxylation is 1. The largest absolute Gasteiger partial charge is 0.478 e. The van der Waals surface area contributed by atoms with Crippen molar-refractivity contribution in [2.75, 3.05) is 13.1 Å². The van der Waals surface area contributed by atoms with Crippen molar-refractivity contribution in [3.8, 4) is 0 Å². The Kier molecular flexibility index (Phi) is 6.03.